The Hall–Kier alpha value is -2.60. The Morgan fingerprint density at radius 2 is 2.03 bits per heavy atom. The van der Waals surface area contributed by atoms with Crippen LogP contribution >= 0.6 is 15.9 Å². The summed E-state index contributed by atoms with van der Waals surface area (Å²) >= 11 is 3.34. The van der Waals surface area contributed by atoms with Crippen molar-refractivity contribution in [2.45, 2.75) is 50.7 Å². The van der Waals surface area contributed by atoms with Gasteiger partial charge in [-0.3, -0.25) is 4.79 Å². The first kappa shape index (κ1) is 21.1. The molecule has 1 heterocycles. The van der Waals surface area contributed by atoms with Gasteiger partial charge in [-0.05, 0) is 53.9 Å². The minimum absolute atomic E-state index is 0.368. The van der Waals surface area contributed by atoms with Crippen LogP contribution in [-0.4, -0.2) is 27.8 Å². The number of aromatic nitrogens is 2. The molecule has 0 unspecified atom stereocenters. The van der Waals surface area contributed by atoms with Crippen molar-refractivity contribution in [2.75, 3.05) is 0 Å². The van der Waals surface area contributed by atoms with E-state index in [0.717, 1.165) is 18.7 Å². The molecular weight excluding hydrogens is 446 g/mol. The first-order chi connectivity index (χ1) is 13.7. The van der Waals surface area contributed by atoms with Gasteiger partial charge in [0, 0.05) is 30.8 Å². The molecule has 0 radical (unpaired) electrons. The molecular formula is C20H19BrF2N4O2. The van der Waals surface area contributed by atoms with Gasteiger partial charge in [-0.15, -0.1) is 0 Å². The van der Waals surface area contributed by atoms with Crippen LogP contribution in [-0.2, 0) is 4.79 Å². The number of hydrogen-bond acceptors (Lipinski definition) is 5. The highest BCUT2D eigenvalue weighted by atomic mass is 79.9. The average molecular weight is 465 g/mol. The van der Waals surface area contributed by atoms with Crippen LogP contribution in [0.2, 0.25) is 0 Å². The zero-order chi connectivity index (χ0) is 21.2. The van der Waals surface area contributed by atoms with E-state index in [2.05, 4.69) is 31.2 Å². The molecule has 9 heteroatoms. The van der Waals surface area contributed by atoms with Crippen LogP contribution in [0.15, 0.2) is 35.1 Å². The van der Waals surface area contributed by atoms with Gasteiger partial charge in [0.15, 0.2) is 0 Å². The highest BCUT2D eigenvalue weighted by molar-refractivity contribution is 9.10. The minimum atomic E-state index is -3.51. The molecule has 0 bridgehead atoms. The van der Waals surface area contributed by atoms with Crippen LogP contribution in [0.1, 0.15) is 55.7 Å². The van der Waals surface area contributed by atoms with E-state index in [1.807, 2.05) is 6.07 Å². The lowest BCUT2D eigenvalue weighted by atomic mass is 10.1. The first-order valence-corrected chi connectivity index (χ1v) is 9.85. The van der Waals surface area contributed by atoms with E-state index in [4.69, 9.17) is 10.00 Å². The first-order valence-electron chi connectivity index (χ1n) is 9.06. The Balaban J connectivity index is 1.88. The summed E-state index contributed by atoms with van der Waals surface area (Å²) in [5.74, 6) is -3.41. The standard InChI is InChI=1S/C20H19BrF2N4O2/c1-11(27-19(28)20(2,22)23)17(14-9-25-18(26-10-14)13-4-5-13)29-16-6-3-12(8-24)7-15(16)21/h3,6-7,9-11,13,17H,4-5H2,1-2H3,(H,27,28)/t11-,17-/m0/s1. The lowest BCUT2D eigenvalue weighted by Gasteiger charge is -2.27. The fourth-order valence-corrected chi connectivity index (χ4v) is 3.19. The van der Waals surface area contributed by atoms with Gasteiger partial charge < -0.3 is 10.1 Å². The normalized spacial score (nSPS) is 15.9. The Morgan fingerprint density at radius 3 is 2.55 bits per heavy atom. The molecule has 1 N–H and O–H groups in total. The summed E-state index contributed by atoms with van der Waals surface area (Å²) in [7, 11) is 0. The molecule has 0 saturated heterocycles. The van der Waals surface area contributed by atoms with E-state index in [0.29, 0.717) is 34.2 Å². The number of nitriles is 1. The van der Waals surface area contributed by atoms with Gasteiger partial charge in [0.1, 0.15) is 17.7 Å². The van der Waals surface area contributed by atoms with Crippen molar-refractivity contribution in [3.05, 3.63) is 52.0 Å². The van der Waals surface area contributed by atoms with E-state index in [-0.39, 0.29) is 0 Å². The van der Waals surface area contributed by atoms with Crippen molar-refractivity contribution in [1.29, 1.82) is 5.26 Å². The molecule has 29 heavy (non-hydrogen) atoms. The number of alkyl halides is 2. The van der Waals surface area contributed by atoms with Gasteiger partial charge in [0.25, 0.3) is 5.91 Å². The van der Waals surface area contributed by atoms with Gasteiger partial charge in [0.2, 0.25) is 0 Å². The molecule has 0 spiro atoms. The average Bonchev–Trinajstić information content (AvgIpc) is 3.51. The van der Waals surface area contributed by atoms with Crippen molar-refractivity contribution in [3.63, 3.8) is 0 Å². The van der Waals surface area contributed by atoms with E-state index in [1.54, 1.807) is 37.5 Å². The lowest BCUT2D eigenvalue weighted by Crippen LogP contribution is -2.46. The zero-order valence-electron chi connectivity index (χ0n) is 15.8. The Bertz CT molecular complexity index is 937. The molecule has 2 aromatic rings. The summed E-state index contributed by atoms with van der Waals surface area (Å²) in [6, 6.07) is 5.98. The van der Waals surface area contributed by atoms with Crippen molar-refractivity contribution in [2.24, 2.45) is 0 Å². The van der Waals surface area contributed by atoms with E-state index >= 15 is 0 Å². The van der Waals surface area contributed by atoms with E-state index in [9.17, 15) is 13.6 Å². The molecule has 3 rings (SSSR count). The number of carbonyl (C=O) groups excluding carboxylic acids is 1. The van der Waals surface area contributed by atoms with Crippen molar-refractivity contribution < 1.29 is 18.3 Å². The zero-order valence-corrected chi connectivity index (χ0v) is 17.4. The fraction of sp³-hybridized carbons (Fsp3) is 0.400. The van der Waals surface area contributed by atoms with Crippen LogP contribution < -0.4 is 10.1 Å². The van der Waals surface area contributed by atoms with Gasteiger partial charge in [0.05, 0.1) is 22.1 Å². The predicted molar refractivity (Wildman–Crippen MR) is 104 cm³/mol. The van der Waals surface area contributed by atoms with Crippen molar-refractivity contribution in [1.82, 2.24) is 15.3 Å². The third-order valence-corrected chi connectivity index (χ3v) is 5.11. The second-order valence-electron chi connectivity index (χ2n) is 7.09. The molecule has 1 aromatic carbocycles. The summed E-state index contributed by atoms with van der Waals surface area (Å²) < 4.78 is 33.2. The number of rotatable bonds is 7. The van der Waals surface area contributed by atoms with Crippen molar-refractivity contribution in [3.8, 4) is 11.8 Å². The Labute approximate surface area is 175 Å². The Morgan fingerprint density at radius 1 is 1.38 bits per heavy atom. The molecule has 1 fully saturated rings. The number of amides is 1. The molecule has 1 aliphatic rings. The number of nitrogens with zero attached hydrogens (tertiary/aromatic N) is 3. The molecule has 1 aliphatic carbocycles. The smallest absolute Gasteiger partial charge is 0.321 e. The monoisotopic (exact) mass is 464 g/mol. The summed E-state index contributed by atoms with van der Waals surface area (Å²) in [5.41, 5.74) is 0.975. The topological polar surface area (TPSA) is 87.9 Å². The number of hydrogen-bond donors (Lipinski definition) is 1. The second kappa shape index (κ2) is 8.41. The number of nitrogens with one attached hydrogen (secondary N) is 1. The number of ether oxygens (including phenoxy) is 1. The number of carbonyl (C=O) groups is 1. The molecule has 1 aromatic heterocycles. The lowest BCUT2D eigenvalue weighted by molar-refractivity contribution is -0.144. The van der Waals surface area contributed by atoms with Crippen LogP contribution in [0.3, 0.4) is 0 Å². The molecule has 2 atom stereocenters. The fourth-order valence-electron chi connectivity index (χ4n) is 2.72. The van der Waals surface area contributed by atoms with Gasteiger partial charge in [-0.25, -0.2) is 9.97 Å². The molecule has 1 amide bonds. The van der Waals surface area contributed by atoms with E-state index < -0.39 is 24.0 Å². The van der Waals surface area contributed by atoms with Crippen LogP contribution in [0.25, 0.3) is 0 Å². The van der Waals surface area contributed by atoms with Gasteiger partial charge in [-0.2, -0.15) is 14.0 Å². The maximum atomic E-state index is 13.3. The van der Waals surface area contributed by atoms with E-state index in [1.165, 1.54) is 0 Å². The summed E-state index contributed by atoms with van der Waals surface area (Å²) in [5, 5.41) is 11.3. The molecule has 0 aliphatic heterocycles. The highest BCUT2D eigenvalue weighted by Gasteiger charge is 2.35. The summed E-state index contributed by atoms with van der Waals surface area (Å²) in [6.07, 6.45) is 4.47. The summed E-state index contributed by atoms with van der Waals surface area (Å²) in [4.78, 5) is 20.5. The maximum absolute atomic E-state index is 13.3. The quantitative estimate of drug-likeness (QED) is 0.660. The Kier molecular flexibility index (Phi) is 6.13. The van der Waals surface area contributed by atoms with Crippen LogP contribution in [0, 0.1) is 11.3 Å². The molecule has 6 nitrogen and oxygen atoms in total. The SMILES string of the molecule is C[C@H](NC(=O)C(C)(F)F)[C@H](Oc1ccc(C#N)cc1Br)c1cnc(C2CC2)nc1. The third-order valence-electron chi connectivity index (χ3n) is 4.49. The third kappa shape index (κ3) is 5.26. The highest BCUT2D eigenvalue weighted by Crippen LogP contribution is 2.38. The largest absolute Gasteiger partial charge is 0.482 e. The van der Waals surface area contributed by atoms with Crippen LogP contribution in [0.4, 0.5) is 8.78 Å². The predicted octanol–water partition coefficient (Wildman–Crippen LogP) is 4.27. The minimum Gasteiger partial charge on any atom is -0.482 e. The van der Waals surface area contributed by atoms with Crippen molar-refractivity contribution >= 4 is 21.8 Å². The second-order valence-corrected chi connectivity index (χ2v) is 7.95. The van der Waals surface area contributed by atoms with Crippen LogP contribution in [0.5, 0.6) is 5.75 Å². The summed E-state index contributed by atoms with van der Waals surface area (Å²) in [6.45, 7) is 2.11. The number of halogens is 3. The maximum Gasteiger partial charge on any atom is 0.321 e. The molecule has 152 valence electrons. The number of benzene rings is 1. The van der Waals surface area contributed by atoms with Gasteiger partial charge >= 0.3 is 5.92 Å². The molecule has 1 saturated carbocycles. The van der Waals surface area contributed by atoms with Gasteiger partial charge in [-0.1, -0.05) is 0 Å².